The molecule has 0 radical (unpaired) electrons. The quantitative estimate of drug-likeness (QED) is 0.661. The monoisotopic (exact) mass is 208 g/mol. The molecule has 0 amide bonds. The van der Waals surface area contributed by atoms with Gasteiger partial charge in [-0.15, -0.1) is 0 Å². The number of nitrogens with zero attached hydrogens (tertiary/aromatic N) is 2. The summed E-state index contributed by atoms with van der Waals surface area (Å²) >= 11 is 0. The van der Waals surface area contributed by atoms with E-state index >= 15 is 0 Å². The average molecular weight is 208 g/mol. The number of ether oxygens (including phenoxy) is 1. The maximum absolute atomic E-state index is 5.09. The molecule has 84 valence electrons. The van der Waals surface area contributed by atoms with Crippen molar-refractivity contribution in [3.05, 3.63) is 35.9 Å². The highest BCUT2D eigenvalue weighted by Crippen LogP contribution is 2.04. The van der Waals surface area contributed by atoms with E-state index < -0.39 is 0 Å². The van der Waals surface area contributed by atoms with Gasteiger partial charge >= 0.3 is 0 Å². The molecule has 0 bridgehead atoms. The largest absolute Gasteiger partial charge is 0.383 e. The van der Waals surface area contributed by atoms with Gasteiger partial charge in [0.05, 0.1) is 6.61 Å². The fourth-order valence-electron chi connectivity index (χ4n) is 1.41. The molecular weight excluding hydrogens is 188 g/mol. The molecule has 3 heteroatoms. The fraction of sp³-hybridized carbons (Fsp3) is 0.500. The van der Waals surface area contributed by atoms with Crippen molar-refractivity contribution in [3.8, 4) is 0 Å². The third-order valence-corrected chi connectivity index (χ3v) is 2.33. The summed E-state index contributed by atoms with van der Waals surface area (Å²) in [5.41, 5.74) is 1.32. The minimum absolute atomic E-state index is 0.755. The van der Waals surface area contributed by atoms with Crippen molar-refractivity contribution in [2.45, 2.75) is 6.54 Å². The van der Waals surface area contributed by atoms with E-state index in [0.29, 0.717) is 0 Å². The molecule has 0 fully saturated rings. The lowest BCUT2D eigenvalue weighted by atomic mass is 10.2. The van der Waals surface area contributed by atoms with Crippen LogP contribution in [0, 0.1) is 0 Å². The molecule has 15 heavy (non-hydrogen) atoms. The van der Waals surface area contributed by atoms with Gasteiger partial charge in [-0.05, 0) is 5.56 Å². The van der Waals surface area contributed by atoms with E-state index in [1.807, 2.05) is 6.07 Å². The van der Waals surface area contributed by atoms with E-state index in [2.05, 4.69) is 48.4 Å². The normalized spacial score (nSPS) is 11.3. The lowest BCUT2D eigenvalue weighted by molar-refractivity contribution is -0.00471. The smallest absolute Gasteiger partial charge is 0.0603 e. The van der Waals surface area contributed by atoms with Crippen molar-refractivity contribution in [1.29, 1.82) is 0 Å². The zero-order valence-electron chi connectivity index (χ0n) is 9.81. The summed E-state index contributed by atoms with van der Waals surface area (Å²) in [7, 11) is 5.84. The Hall–Kier alpha value is -0.900. The molecule has 1 aromatic rings. The van der Waals surface area contributed by atoms with Gasteiger partial charge < -0.3 is 4.74 Å². The van der Waals surface area contributed by atoms with E-state index in [0.717, 1.165) is 19.7 Å². The number of hydrazine groups is 1. The first-order chi connectivity index (χ1) is 7.24. The van der Waals surface area contributed by atoms with Gasteiger partial charge in [0.1, 0.15) is 0 Å². The summed E-state index contributed by atoms with van der Waals surface area (Å²) in [6.45, 7) is 2.60. The molecule has 0 heterocycles. The minimum atomic E-state index is 0.755. The first-order valence-electron chi connectivity index (χ1n) is 5.19. The molecule has 1 aromatic carbocycles. The Balaban J connectivity index is 2.51. The van der Waals surface area contributed by atoms with Gasteiger partial charge in [-0.25, -0.2) is 10.0 Å². The molecule has 0 atom stereocenters. The second kappa shape index (κ2) is 6.56. The van der Waals surface area contributed by atoms with Crippen LogP contribution < -0.4 is 0 Å². The van der Waals surface area contributed by atoms with Gasteiger partial charge in [0.2, 0.25) is 0 Å². The molecule has 0 saturated carbocycles. The zero-order valence-corrected chi connectivity index (χ0v) is 9.81. The number of hydrogen-bond donors (Lipinski definition) is 0. The molecule has 0 aromatic heterocycles. The Morgan fingerprint density at radius 2 is 1.80 bits per heavy atom. The van der Waals surface area contributed by atoms with Crippen molar-refractivity contribution < 1.29 is 4.74 Å². The summed E-state index contributed by atoms with van der Waals surface area (Å²) in [5, 5.41) is 4.35. The fourth-order valence-corrected chi connectivity index (χ4v) is 1.41. The minimum Gasteiger partial charge on any atom is -0.383 e. The van der Waals surface area contributed by atoms with Gasteiger partial charge in [0.15, 0.2) is 0 Å². The van der Waals surface area contributed by atoms with Gasteiger partial charge in [0.25, 0.3) is 0 Å². The van der Waals surface area contributed by atoms with E-state index in [1.54, 1.807) is 7.11 Å². The van der Waals surface area contributed by atoms with Crippen LogP contribution in [0.2, 0.25) is 0 Å². The van der Waals surface area contributed by atoms with Crippen LogP contribution in [0.4, 0.5) is 0 Å². The first kappa shape index (κ1) is 12.2. The first-order valence-corrected chi connectivity index (χ1v) is 5.19. The van der Waals surface area contributed by atoms with Crippen molar-refractivity contribution in [3.63, 3.8) is 0 Å². The summed E-state index contributed by atoms with van der Waals surface area (Å²) in [6.07, 6.45) is 0. The summed E-state index contributed by atoms with van der Waals surface area (Å²) in [6, 6.07) is 10.5. The molecule has 0 saturated heterocycles. The van der Waals surface area contributed by atoms with E-state index in [9.17, 15) is 0 Å². The topological polar surface area (TPSA) is 15.7 Å². The van der Waals surface area contributed by atoms with E-state index in [-0.39, 0.29) is 0 Å². The van der Waals surface area contributed by atoms with E-state index in [4.69, 9.17) is 4.74 Å². The lowest BCUT2D eigenvalue weighted by Gasteiger charge is -2.28. The second-order valence-corrected chi connectivity index (χ2v) is 3.71. The number of hydrogen-bond acceptors (Lipinski definition) is 3. The third-order valence-electron chi connectivity index (χ3n) is 2.33. The maximum atomic E-state index is 5.09. The third kappa shape index (κ3) is 4.42. The Labute approximate surface area is 92.2 Å². The van der Waals surface area contributed by atoms with Crippen molar-refractivity contribution in [2.75, 3.05) is 34.4 Å². The van der Waals surface area contributed by atoms with Crippen LogP contribution in [-0.4, -0.2) is 44.4 Å². The highest BCUT2D eigenvalue weighted by Gasteiger charge is 2.07. The van der Waals surface area contributed by atoms with Gasteiger partial charge in [-0.3, -0.25) is 0 Å². The van der Waals surface area contributed by atoms with Crippen LogP contribution in [0.25, 0.3) is 0 Å². The summed E-state index contributed by atoms with van der Waals surface area (Å²) in [4.78, 5) is 0. The van der Waals surface area contributed by atoms with Crippen LogP contribution in [0.15, 0.2) is 30.3 Å². The van der Waals surface area contributed by atoms with Crippen LogP contribution in [0.3, 0.4) is 0 Å². The number of benzene rings is 1. The summed E-state index contributed by atoms with van der Waals surface area (Å²) in [5.74, 6) is 0. The Bertz CT molecular complexity index is 262. The highest BCUT2D eigenvalue weighted by atomic mass is 16.5. The molecule has 3 nitrogen and oxygen atoms in total. The lowest BCUT2D eigenvalue weighted by Crippen LogP contribution is -2.38. The van der Waals surface area contributed by atoms with E-state index in [1.165, 1.54) is 5.56 Å². The molecule has 0 N–H and O–H groups in total. The predicted octanol–water partition coefficient (Wildman–Crippen LogP) is 1.61. The van der Waals surface area contributed by atoms with Crippen molar-refractivity contribution >= 4 is 0 Å². The van der Waals surface area contributed by atoms with Crippen molar-refractivity contribution in [1.82, 2.24) is 10.0 Å². The molecular formula is C12H20N2O. The summed E-state index contributed by atoms with van der Waals surface area (Å²) < 4.78 is 5.09. The zero-order chi connectivity index (χ0) is 11.1. The van der Waals surface area contributed by atoms with Crippen LogP contribution in [0.1, 0.15) is 5.56 Å². The predicted molar refractivity (Wildman–Crippen MR) is 62.4 cm³/mol. The second-order valence-electron chi connectivity index (χ2n) is 3.71. The Morgan fingerprint density at radius 3 is 2.33 bits per heavy atom. The SMILES string of the molecule is COCCN(Cc1ccccc1)N(C)C. The van der Waals surface area contributed by atoms with Crippen LogP contribution in [-0.2, 0) is 11.3 Å². The Kier molecular flexibility index (Phi) is 5.32. The Morgan fingerprint density at radius 1 is 1.13 bits per heavy atom. The molecule has 0 aliphatic rings. The highest BCUT2D eigenvalue weighted by molar-refractivity contribution is 5.14. The standard InChI is InChI=1S/C12H20N2O/c1-13(2)14(9-10-15-3)11-12-7-5-4-6-8-12/h4-8H,9-11H2,1-3H3. The molecule has 1 rings (SSSR count). The van der Waals surface area contributed by atoms with Crippen LogP contribution in [0.5, 0.6) is 0 Å². The van der Waals surface area contributed by atoms with Crippen molar-refractivity contribution in [2.24, 2.45) is 0 Å². The number of methoxy groups -OCH3 is 1. The van der Waals surface area contributed by atoms with Gasteiger partial charge in [-0.2, -0.15) is 0 Å². The molecule has 0 aliphatic carbocycles. The molecule has 0 spiro atoms. The molecule has 0 unspecified atom stereocenters. The molecule has 0 aliphatic heterocycles. The van der Waals surface area contributed by atoms with Crippen LogP contribution >= 0.6 is 0 Å². The van der Waals surface area contributed by atoms with Gasteiger partial charge in [0, 0.05) is 34.3 Å². The maximum Gasteiger partial charge on any atom is 0.0603 e. The number of rotatable bonds is 6. The average Bonchev–Trinajstić information content (AvgIpc) is 2.25. The van der Waals surface area contributed by atoms with Gasteiger partial charge in [-0.1, -0.05) is 30.3 Å².